The van der Waals surface area contributed by atoms with Crippen LogP contribution in [0.4, 0.5) is 10.5 Å². The monoisotopic (exact) mass is 508 g/mol. The van der Waals surface area contributed by atoms with Crippen LogP contribution in [0.1, 0.15) is 81.9 Å². The molecular weight excluding hydrogens is 468 g/mol. The predicted octanol–water partition coefficient (Wildman–Crippen LogP) is 8.35. The number of hydrogen-bond donors (Lipinski definition) is 2. The normalized spacial score (nSPS) is 14.9. The van der Waals surface area contributed by atoms with Crippen LogP contribution in [0.5, 0.6) is 0 Å². The number of benzene rings is 2. The Morgan fingerprint density at radius 3 is 2.24 bits per heavy atom. The fourth-order valence-corrected chi connectivity index (χ4v) is 6.15. The average molecular weight is 509 g/mol. The first kappa shape index (κ1) is 26.0. The van der Waals surface area contributed by atoms with Gasteiger partial charge in [-0.3, -0.25) is 0 Å². The van der Waals surface area contributed by atoms with Crippen molar-refractivity contribution >= 4 is 22.8 Å². The third-order valence-electron chi connectivity index (χ3n) is 8.21. The van der Waals surface area contributed by atoms with Gasteiger partial charge in [0, 0.05) is 35.6 Å². The van der Waals surface area contributed by atoms with Crippen molar-refractivity contribution in [2.24, 2.45) is 0 Å². The van der Waals surface area contributed by atoms with Gasteiger partial charge in [-0.05, 0) is 59.9 Å². The molecule has 2 aromatic heterocycles. The number of pyridine rings is 1. The van der Waals surface area contributed by atoms with E-state index in [1.807, 2.05) is 6.20 Å². The quantitative estimate of drug-likeness (QED) is 0.263. The summed E-state index contributed by atoms with van der Waals surface area (Å²) in [5, 5.41) is 7.71. The number of aromatic nitrogens is 2. The van der Waals surface area contributed by atoms with Gasteiger partial charge in [0.25, 0.3) is 0 Å². The first-order valence-electron chi connectivity index (χ1n) is 14.0. The second-order valence-corrected chi connectivity index (χ2v) is 11.5. The van der Waals surface area contributed by atoms with Gasteiger partial charge in [-0.1, -0.05) is 89.1 Å². The zero-order valence-corrected chi connectivity index (χ0v) is 23.3. The third-order valence-corrected chi connectivity index (χ3v) is 8.21. The van der Waals surface area contributed by atoms with E-state index in [4.69, 9.17) is 4.98 Å². The van der Waals surface area contributed by atoms with Crippen LogP contribution < -0.4 is 10.6 Å². The molecular formula is C33H40N4O. The van der Waals surface area contributed by atoms with Crippen molar-refractivity contribution in [2.45, 2.75) is 77.7 Å². The molecule has 2 amide bonds. The maximum absolute atomic E-state index is 13.4. The van der Waals surface area contributed by atoms with Crippen molar-refractivity contribution in [1.29, 1.82) is 0 Å². The average Bonchev–Trinajstić information content (AvgIpc) is 3.54. The highest BCUT2D eigenvalue weighted by Gasteiger charge is 2.38. The summed E-state index contributed by atoms with van der Waals surface area (Å²) in [5.74, 6) is 0.643. The predicted molar refractivity (Wildman–Crippen MR) is 158 cm³/mol. The van der Waals surface area contributed by atoms with E-state index in [0.717, 1.165) is 37.0 Å². The number of hydrogen-bond acceptors (Lipinski definition) is 2. The van der Waals surface area contributed by atoms with Crippen molar-refractivity contribution in [2.75, 3.05) is 11.9 Å². The Balaban J connectivity index is 1.48. The number of amides is 2. The van der Waals surface area contributed by atoms with Gasteiger partial charge in [0.1, 0.15) is 5.65 Å². The maximum atomic E-state index is 13.4. The number of carbonyl (C=O) groups excluding carboxylic acids is 1. The minimum Gasteiger partial charge on any atom is -0.335 e. The van der Waals surface area contributed by atoms with Crippen molar-refractivity contribution in [3.8, 4) is 11.1 Å². The van der Waals surface area contributed by atoms with E-state index in [1.54, 1.807) is 0 Å². The molecule has 0 atom stereocenters. The van der Waals surface area contributed by atoms with E-state index >= 15 is 0 Å². The summed E-state index contributed by atoms with van der Waals surface area (Å²) >= 11 is 0. The number of para-hydroxylation sites is 1. The third kappa shape index (κ3) is 4.82. The van der Waals surface area contributed by atoms with Crippen LogP contribution in [0.25, 0.3) is 22.2 Å². The van der Waals surface area contributed by atoms with Gasteiger partial charge in [0.05, 0.1) is 5.54 Å². The topological polar surface area (TPSA) is 59.0 Å². The molecule has 4 aromatic rings. The summed E-state index contributed by atoms with van der Waals surface area (Å²) in [6, 6.07) is 18.8. The Labute approximate surface area is 226 Å². The lowest BCUT2D eigenvalue weighted by Crippen LogP contribution is -2.44. The molecule has 198 valence electrons. The second-order valence-electron chi connectivity index (χ2n) is 11.5. The number of rotatable bonds is 7. The molecule has 5 rings (SSSR count). The number of aryl methyl sites for hydroxylation is 1. The molecule has 0 aliphatic heterocycles. The Hall–Kier alpha value is -3.60. The number of nitrogens with one attached hydrogen (secondary N) is 2. The molecule has 2 aromatic carbocycles. The molecule has 2 heterocycles. The molecule has 1 aliphatic rings. The zero-order chi connectivity index (χ0) is 26.9. The van der Waals surface area contributed by atoms with Crippen LogP contribution in [0.2, 0.25) is 0 Å². The highest BCUT2D eigenvalue weighted by Crippen LogP contribution is 2.42. The van der Waals surface area contributed by atoms with Crippen molar-refractivity contribution in [3.05, 3.63) is 83.7 Å². The molecule has 2 N–H and O–H groups in total. The standard InChI is InChI=1S/C33H40N4O/c1-22(2)26-14-11-15-27(23(3)4)30(26)36-32(38)35-21-33(17-9-10-18-33)37-20-28(25-12-7-6-8-13-25)29-24(5)16-19-34-31(29)37/h6-8,11-16,19-20,22-23H,9-10,17-18,21H2,1-5H3,(H2,35,36,38). The zero-order valence-electron chi connectivity index (χ0n) is 23.3. The van der Waals surface area contributed by atoms with E-state index in [1.165, 1.54) is 33.2 Å². The summed E-state index contributed by atoms with van der Waals surface area (Å²) < 4.78 is 2.37. The van der Waals surface area contributed by atoms with E-state index in [-0.39, 0.29) is 11.6 Å². The van der Waals surface area contributed by atoms with Gasteiger partial charge in [-0.15, -0.1) is 0 Å². The molecule has 38 heavy (non-hydrogen) atoms. The fraction of sp³-hybridized carbons (Fsp3) is 0.394. The summed E-state index contributed by atoms with van der Waals surface area (Å²) in [7, 11) is 0. The summed E-state index contributed by atoms with van der Waals surface area (Å²) in [6.45, 7) is 11.4. The van der Waals surface area contributed by atoms with E-state index in [2.05, 4.69) is 111 Å². The molecule has 5 heteroatoms. The molecule has 1 saturated carbocycles. The van der Waals surface area contributed by atoms with Crippen LogP contribution in [0, 0.1) is 6.92 Å². The number of nitrogens with zero attached hydrogens (tertiary/aromatic N) is 2. The molecule has 5 nitrogen and oxygen atoms in total. The first-order valence-corrected chi connectivity index (χ1v) is 14.0. The minimum atomic E-state index is -0.206. The van der Waals surface area contributed by atoms with Gasteiger partial charge in [0.15, 0.2) is 0 Å². The Bertz CT molecular complexity index is 1400. The summed E-state index contributed by atoms with van der Waals surface area (Å²) in [4.78, 5) is 18.3. The van der Waals surface area contributed by atoms with Gasteiger partial charge >= 0.3 is 6.03 Å². The van der Waals surface area contributed by atoms with E-state index < -0.39 is 0 Å². The highest BCUT2D eigenvalue weighted by molar-refractivity contribution is 5.96. The molecule has 1 fully saturated rings. The Kier molecular flexibility index (Phi) is 7.29. The van der Waals surface area contributed by atoms with Crippen LogP contribution in [0.3, 0.4) is 0 Å². The lowest BCUT2D eigenvalue weighted by atomic mass is 9.92. The number of urea groups is 1. The van der Waals surface area contributed by atoms with Gasteiger partial charge in [0.2, 0.25) is 0 Å². The van der Waals surface area contributed by atoms with Crippen LogP contribution in [-0.4, -0.2) is 22.1 Å². The van der Waals surface area contributed by atoms with Gasteiger partial charge < -0.3 is 15.2 Å². The molecule has 0 bridgehead atoms. The summed E-state index contributed by atoms with van der Waals surface area (Å²) in [6.07, 6.45) is 8.49. The lowest BCUT2D eigenvalue weighted by Gasteiger charge is -2.32. The number of fused-ring (bicyclic) bond motifs is 1. The van der Waals surface area contributed by atoms with E-state index in [0.29, 0.717) is 18.4 Å². The molecule has 0 radical (unpaired) electrons. The first-order chi connectivity index (χ1) is 18.3. The molecule has 0 unspecified atom stereocenters. The number of carbonyl (C=O) groups is 1. The minimum absolute atomic E-state index is 0.143. The fourth-order valence-electron chi connectivity index (χ4n) is 6.15. The summed E-state index contributed by atoms with van der Waals surface area (Å²) in [5.41, 5.74) is 7.70. The SMILES string of the molecule is Cc1ccnc2c1c(-c1ccccc1)cn2C1(CNC(=O)Nc2c(C(C)C)cccc2C(C)C)CCCC1. The lowest BCUT2D eigenvalue weighted by molar-refractivity contribution is 0.239. The Morgan fingerprint density at radius 2 is 1.61 bits per heavy atom. The van der Waals surface area contributed by atoms with Crippen LogP contribution in [0.15, 0.2) is 67.0 Å². The molecule has 0 spiro atoms. The van der Waals surface area contributed by atoms with Gasteiger partial charge in [-0.25, -0.2) is 9.78 Å². The highest BCUT2D eigenvalue weighted by atomic mass is 16.2. The van der Waals surface area contributed by atoms with Crippen molar-refractivity contribution in [3.63, 3.8) is 0 Å². The largest absolute Gasteiger partial charge is 0.335 e. The Morgan fingerprint density at radius 1 is 0.947 bits per heavy atom. The maximum Gasteiger partial charge on any atom is 0.319 e. The van der Waals surface area contributed by atoms with Crippen molar-refractivity contribution in [1.82, 2.24) is 14.9 Å². The molecule has 1 aliphatic carbocycles. The van der Waals surface area contributed by atoms with Crippen LogP contribution in [-0.2, 0) is 5.54 Å². The van der Waals surface area contributed by atoms with E-state index in [9.17, 15) is 4.79 Å². The second kappa shape index (κ2) is 10.6. The smallest absolute Gasteiger partial charge is 0.319 e. The van der Waals surface area contributed by atoms with Gasteiger partial charge in [-0.2, -0.15) is 0 Å². The number of anilines is 1. The van der Waals surface area contributed by atoms with Crippen LogP contribution >= 0.6 is 0 Å². The van der Waals surface area contributed by atoms with Crippen molar-refractivity contribution < 1.29 is 4.79 Å². The molecule has 0 saturated heterocycles.